The maximum absolute atomic E-state index is 12.2. The third-order valence-corrected chi connectivity index (χ3v) is 3.38. The Balaban J connectivity index is 2.51. The molecule has 0 unspecified atom stereocenters. The first-order valence-corrected chi connectivity index (χ1v) is 7.34. The molecule has 0 bridgehead atoms. The number of carbonyl (C=O) groups is 1. The topological polar surface area (TPSA) is 31.2 Å². The van der Waals surface area contributed by atoms with Gasteiger partial charge in [0.05, 0.1) is 5.52 Å². The summed E-state index contributed by atoms with van der Waals surface area (Å²) in [6.45, 7) is 7.63. The van der Waals surface area contributed by atoms with Crippen LogP contribution in [0.4, 0.5) is 4.79 Å². The monoisotopic (exact) mass is 323 g/mol. The molecule has 0 radical (unpaired) electrons. The zero-order valence-electron chi connectivity index (χ0n) is 11.7. The van der Waals surface area contributed by atoms with Crippen molar-refractivity contribution in [1.82, 2.24) is 4.57 Å². The van der Waals surface area contributed by atoms with E-state index in [1.54, 1.807) is 10.8 Å². The van der Waals surface area contributed by atoms with Crippen LogP contribution in [0.2, 0.25) is 0 Å². The van der Waals surface area contributed by atoms with Gasteiger partial charge in [-0.2, -0.15) is 0 Å². The first kappa shape index (κ1) is 14.1. The van der Waals surface area contributed by atoms with E-state index < -0.39 is 5.60 Å². The van der Waals surface area contributed by atoms with Crippen LogP contribution in [0, 0.1) is 6.92 Å². The fraction of sp³-hybridized carbons (Fsp3) is 0.400. The first-order valence-electron chi connectivity index (χ1n) is 6.22. The van der Waals surface area contributed by atoms with E-state index >= 15 is 0 Å². The summed E-state index contributed by atoms with van der Waals surface area (Å²) in [5, 5.41) is 1.84. The Kier molecular flexibility index (Phi) is 3.72. The Morgan fingerprint density at radius 1 is 1.37 bits per heavy atom. The number of aromatic nitrogens is 1. The molecule has 0 saturated carbocycles. The summed E-state index contributed by atoms with van der Waals surface area (Å²) >= 11 is 3.48. The van der Waals surface area contributed by atoms with E-state index in [-0.39, 0.29) is 6.09 Å². The molecule has 1 aromatic heterocycles. The van der Waals surface area contributed by atoms with E-state index in [0.29, 0.717) is 0 Å². The number of nitrogens with zero attached hydrogens (tertiary/aromatic N) is 1. The highest BCUT2D eigenvalue weighted by atomic mass is 79.9. The molecule has 0 amide bonds. The van der Waals surface area contributed by atoms with Gasteiger partial charge in [-0.15, -0.1) is 0 Å². The summed E-state index contributed by atoms with van der Waals surface area (Å²) in [6, 6.07) is 6.08. The molecule has 0 aliphatic carbocycles. The van der Waals surface area contributed by atoms with Gasteiger partial charge in [-0.25, -0.2) is 4.79 Å². The van der Waals surface area contributed by atoms with Crippen LogP contribution < -0.4 is 0 Å². The molecular weight excluding hydrogens is 306 g/mol. The molecule has 2 rings (SSSR count). The average molecular weight is 324 g/mol. The molecule has 19 heavy (non-hydrogen) atoms. The number of alkyl halides is 1. The summed E-state index contributed by atoms with van der Waals surface area (Å²) in [4.78, 5) is 12.2. The van der Waals surface area contributed by atoms with Crippen molar-refractivity contribution in [2.75, 3.05) is 0 Å². The number of carbonyl (C=O) groups excluding carboxylic acids is 1. The minimum absolute atomic E-state index is 0.339. The molecule has 4 heteroatoms. The van der Waals surface area contributed by atoms with Crippen LogP contribution in [-0.4, -0.2) is 16.3 Å². The van der Waals surface area contributed by atoms with Gasteiger partial charge in [-0.05, 0) is 51.0 Å². The minimum Gasteiger partial charge on any atom is -0.443 e. The quantitative estimate of drug-likeness (QED) is 0.716. The summed E-state index contributed by atoms with van der Waals surface area (Å²) in [7, 11) is 0. The summed E-state index contributed by atoms with van der Waals surface area (Å²) < 4.78 is 6.99. The molecule has 0 fully saturated rings. The molecule has 0 spiro atoms. The Bertz CT molecular complexity index is 623. The third-order valence-electron chi connectivity index (χ3n) is 2.77. The van der Waals surface area contributed by atoms with Crippen molar-refractivity contribution in [3.63, 3.8) is 0 Å². The number of ether oxygens (including phenoxy) is 1. The lowest BCUT2D eigenvalue weighted by molar-refractivity contribution is 0.0544. The molecule has 1 heterocycles. The summed E-state index contributed by atoms with van der Waals surface area (Å²) in [5.41, 5.74) is 2.71. The van der Waals surface area contributed by atoms with Crippen molar-refractivity contribution in [3.8, 4) is 0 Å². The molecule has 1 aromatic carbocycles. The van der Waals surface area contributed by atoms with Gasteiger partial charge in [0, 0.05) is 16.9 Å². The van der Waals surface area contributed by atoms with Crippen LogP contribution >= 0.6 is 15.9 Å². The second-order valence-corrected chi connectivity index (χ2v) is 6.22. The van der Waals surface area contributed by atoms with E-state index in [4.69, 9.17) is 4.74 Å². The van der Waals surface area contributed by atoms with Gasteiger partial charge in [0.1, 0.15) is 5.60 Å². The van der Waals surface area contributed by atoms with Gasteiger partial charge in [-0.1, -0.05) is 22.0 Å². The Morgan fingerprint density at radius 3 is 2.63 bits per heavy atom. The number of halogens is 1. The number of hydrogen-bond acceptors (Lipinski definition) is 2. The van der Waals surface area contributed by atoms with Crippen molar-refractivity contribution in [2.24, 2.45) is 0 Å². The molecule has 0 atom stereocenters. The molecule has 0 aliphatic heterocycles. The van der Waals surface area contributed by atoms with Gasteiger partial charge < -0.3 is 4.74 Å². The van der Waals surface area contributed by atoms with Crippen LogP contribution in [0.3, 0.4) is 0 Å². The fourth-order valence-corrected chi connectivity index (χ4v) is 2.52. The van der Waals surface area contributed by atoms with E-state index in [9.17, 15) is 4.79 Å². The van der Waals surface area contributed by atoms with E-state index in [1.807, 2.05) is 39.8 Å². The van der Waals surface area contributed by atoms with Gasteiger partial charge in [0.25, 0.3) is 0 Å². The minimum atomic E-state index is -0.490. The lowest BCUT2D eigenvalue weighted by atomic mass is 10.1. The fourth-order valence-electron chi connectivity index (χ4n) is 2.05. The molecule has 3 nitrogen and oxygen atoms in total. The maximum Gasteiger partial charge on any atom is 0.418 e. The molecule has 2 aromatic rings. The maximum atomic E-state index is 12.2. The number of aryl methyl sites for hydroxylation is 1. The Morgan fingerprint density at radius 2 is 2.05 bits per heavy atom. The molecule has 0 aliphatic rings. The average Bonchev–Trinajstić information content (AvgIpc) is 2.69. The molecule has 0 N–H and O–H groups in total. The SMILES string of the molecule is Cc1cc(CBr)c2ccn(C(=O)OC(C)(C)C)c2c1. The smallest absolute Gasteiger partial charge is 0.418 e. The predicted octanol–water partition coefficient (Wildman–Crippen LogP) is 4.63. The highest BCUT2D eigenvalue weighted by Crippen LogP contribution is 2.25. The summed E-state index contributed by atoms with van der Waals surface area (Å²) in [6.07, 6.45) is 1.43. The molecule has 102 valence electrons. The van der Waals surface area contributed by atoms with Gasteiger partial charge in [0.15, 0.2) is 0 Å². The molecular formula is C15H18BrNO2. The van der Waals surface area contributed by atoms with Crippen molar-refractivity contribution in [3.05, 3.63) is 35.5 Å². The lowest BCUT2D eigenvalue weighted by Crippen LogP contribution is -2.26. The van der Waals surface area contributed by atoms with Crippen LogP contribution in [-0.2, 0) is 10.1 Å². The Hall–Kier alpha value is -1.29. The third kappa shape index (κ3) is 3.00. The van der Waals surface area contributed by atoms with Crippen molar-refractivity contribution in [1.29, 1.82) is 0 Å². The number of hydrogen-bond donors (Lipinski definition) is 0. The van der Waals surface area contributed by atoms with Crippen LogP contribution in [0.5, 0.6) is 0 Å². The van der Waals surface area contributed by atoms with E-state index in [0.717, 1.165) is 21.8 Å². The number of fused-ring (bicyclic) bond motifs is 1. The van der Waals surface area contributed by atoms with Crippen molar-refractivity contribution >= 4 is 32.9 Å². The van der Waals surface area contributed by atoms with Gasteiger partial charge in [0.2, 0.25) is 0 Å². The van der Waals surface area contributed by atoms with Crippen molar-refractivity contribution in [2.45, 2.75) is 38.6 Å². The highest BCUT2D eigenvalue weighted by molar-refractivity contribution is 9.08. The van der Waals surface area contributed by atoms with Crippen LogP contribution in [0.1, 0.15) is 31.9 Å². The largest absolute Gasteiger partial charge is 0.443 e. The standard InChI is InChI=1S/C15H18BrNO2/c1-10-7-11(9-16)12-5-6-17(13(12)8-10)14(18)19-15(2,3)4/h5-8H,9H2,1-4H3. The number of rotatable bonds is 1. The highest BCUT2D eigenvalue weighted by Gasteiger charge is 2.19. The van der Waals surface area contributed by atoms with Crippen LogP contribution in [0.25, 0.3) is 10.9 Å². The van der Waals surface area contributed by atoms with Gasteiger partial charge in [-0.3, -0.25) is 4.57 Å². The second-order valence-electron chi connectivity index (χ2n) is 5.66. The molecule has 0 saturated heterocycles. The van der Waals surface area contributed by atoms with Gasteiger partial charge >= 0.3 is 6.09 Å². The Labute approximate surface area is 121 Å². The zero-order chi connectivity index (χ0) is 14.2. The number of benzene rings is 1. The van der Waals surface area contributed by atoms with Crippen molar-refractivity contribution < 1.29 is 9.53 Å². The lowest BCUT2D eigenvalue weighted by Gasteiger charge is -2.19. The zero-order valence-corrected chi connectivity index (χ0v) is 13.2. The van der Waals surface area contributed by atoms with Crippen LogP contribution in [0.15, 0.2) is 24.4 Å². The predicted molar refractivity (Wildman–Crippen MR) is 80.9 cm³/mol. The summed E-state index contributed by atoms with van der Waals surface area (Å²) in [5.74, 6) is 0. The van der Waals surface area contributed by atoms with E-state index in [1.165, 1.54) is 5.56 Å². The second kappa shape index (κ2) is 5.00. The normalized spacial score (nSPS) is 11.8. The first-order chi connectivity index (χ1) is 8.81. The van der Waals surface area contributed by atoms with E-state index in [2.05, 4.69) is 22.0 Å².